The molecular weight excluding hydrogens is 318 g/mol. The molecule has 6 heteroatoms. The average Bonchev–Trinajstić information content (AvgIpc) is 2.56. The summed E-state index contributed by atoms with van der Waals surface area (Å²) in [4.78, 5) is 23.7. The van der Waals surface area contributed by atoms with Gasteiger partial charge in [0.2, 0.25) is 0 Å². The molecule has 23 heavy (non-hydrogen) atoms. The van der Waals surface area contributed by atoms with Gasteiger partial charge in [0.25, 0.3) is 5.91 Å². The number of methoxy groups -OCH3 is 1. The van der Waals surface area contributed by atoms with E-state index >= 15 is 0 Å². The number of carbonyl (C=O) groups is 2. The number of rotatable bonds is 5. The van der Waals surface area contributed by atoms with Crippen molar-refractivity contribution in [1.29, 1.82) is 0 Å². The van der Waals surface area contributed by atoms with E-state index < -0.39 is 12.1 Å². The van der Waals surface area contributed by atoms with E-state index in [1.54, 1.807) is 49.4 Å². The van der Waals surface area contributed by atoms with Crippen LogP contribution in [0.5, 0.6) is 5.75 Å². The summed E-state index contributed by atoms with van der Waals surface area (Å²) >= 11 is 6.00. The van der Waals surface area contributed by atoms with Crippen molar-refractivity contribution in [2.75, 3.05) is 12.4 Å². The molecule has 0 saturated heterocycles. The minimum atomic E-state index is -0.753. The van der Waals surface area contributed by atoms with Crippen LogP contribution in [0.1, 0.15) is 17.3 Å². The molecule has 2 aromatic rings. The summed E-state index contributed by atoms with van der Waals surface area (Å²) in [7, 11) is 1.30. The molecule has 0 aliphatic rings. The van der Waals surface area contributed by atoms with Crippen LogP contribution in [-0.4, -0.2) is 25.1 Å². The summed E-state index contributed by atoms with van der Waals surface area (Å²) in [5.74, 6) is -0.395. The number of esters is 1. The van der Waals surface area contributed by atoms with E-state index in [4.69, 9.17) is 16.3 Å². The topological polar surface area (TPSA) is 64.6 Å². The smallest absolute Gasteiger partial charge is 0.337 e. The largest absolute Gasteiger partial charge is 0.479 e. The minimum Gasteiger partial charge on any atom is -0.479 e. The Balaban J connectivity index is 2.04. The van der Waals surface area contributed by atoms with Gasteiger partial charge >= 0.3 is 5.97 Å². The highest BCUT2D eigenvalue weighted by Crippen LogP contribution is 2.24. The van der Waals surface area contributed by atoms with E-state index in [1.165, 1.54) is 13.2 Å². The van der Waals surface area contributed by atoms with Crippen LogP contribution < -0.4 is 10.1 Å². The van der Waals surface area contributed by atoms with E-state index in [0.29, 0.717) is 22.0 Å². The van der Waals surface area contributed by atoms with Gasteiger partial charge in [-0.15, -0.1) is 0 Å². The van der Waals surface area contributed by atoms with E-state index in [1.807, 2.05) is 0 Å². The molecule has 0 heterocycles. The van der Waals surface area contributed by atoms with Gasteiger partial charge in [0.1, 0.15) is 5.75 Å². The van der Waals surface area contributed by atoms with Crippen LogP contribution in [0.2, 0.25) is 5.02 Å². The zero-order chi connectivity index (χ0) is 16.8. The molecule has 0 unspecified atom stereocenters. The zero-order valence-electron chi connectivity index (χ0n) is 12.7. The summed E-state index contributed by atoms with van der Waals surface area (Å²) in [6, 6.07) is 13.4. The van der Waals surface area contributed by atoms with E-state index in [0.717, 1.165) is 0 Å². The molecule has 0 aliphatic heterocycles. The van der Waals surface area contributed by atoms with E-state index in [-0.39, 0.29) is 5.91 Å². The monoisotopic (exact) mass is 333 g/mol. The van der Waals surface area contributed by atoms with Gasteiger partial charge in [-0.05, 0) is 37.3 Å². The predicted octanol–water partition coefficient (Wildman–Crippen LogP) is 3.53. The number of nitrogens with one attached hydrogen (secondary N) is 1. The molecule has 120 valence electrons. The van der Waals surface area contributed by atoms with Crippen LogP contribution in [0.3, 0.4) is 0 Å². The van der Waals surface area contributed by atoms with Crippen LogP contribution >= 0.6 is 11.6 Å². The van der Waals surface area contributed by atoms with Crippen LogP contribution in [0.25, 0.3) is 0 Å². The second kappa shape index (κ2) is 7.65. The van der Waals surface area contributed by atoms with Crippen molar-refractivity contribution >= 4 is 29.2 Å². The fourth-order valence-electron chi connectivity index (χ4n) is 1.87. The number of hydrogen-bond acceptors (Lipinski definition) is 4. The van der Waals surface area contributed by atoms with Crippen LogP contribution in [0.4, 0.5) is 5.69 Å². The van der Waals surface area contributed by atoms with Gasteiger partial charge in [-0.2, -0.15) is 0 Å². The highest BCUT2D eigenvalue weighted by atomic mass is 35.5. The number of carbonyl (C=O) groups excluding carboxylic acids is 2. The normalized spacial score (nSPS) is 11.4. The van der Waals surface area contributed by atoms with Crippen molar-refractivity contribution in [3.8, 4) is 5.75 Å². The van der Waals surface area contributed by atoms with Crippen molar-refractivity contribution < 1.29 is 19.1 Å². The lowest BCUT2D eigenvalue weighted by atomic mass is 10.2. The summed E-state index contributed by atoms with van der Waals surface area (Å²) in [5, 5.41) is 3.12. The number of para-hydroxylation sites is 1. The third kappa shape index (κ3) is 4.47. The molecule has 0 bridgehead atoms. The van der Waals surface area contributed by atoms with Crippen LogP contribution in [0.15, 0.2) is 48.5 Å². The first-order valence-corrected chi connectivity index (χ1v) is 7.29. The first kappa shape index (κ1) is 16.8. The molecule has 1 amide bonds. The molecule has 1 N–H and O–H groups in total. The second-order valence-corrected chi connectivity index (χ2v) is 5.16. The predicted molar refractivity (Wildman–Crippen MR) is 88.0 cm³/mol. The van der Waals surface area contributed by atoms with Crippen molar-refractivity contribution in [2.45, 2.75) is 13.0 Å². The van der Waals surface area contributed by atoms with Gasteiger partial charge in [0.15, 0.2) is 6.10 Å². The molecule has 2 rings (SSSR count). The number of anilines is 1. The molecular formula is C17H16ClNO4. The van der Waals surface area contributed by atoms with Gasteiger partial charge in [-0.3, -0.25) is 4.79 Å². The molecule has 1 atom stereocenters. The SMILES string of the molecule is COC(=O)c1cccc(NC(=O)[C@H](C)Oc2ccccc2Cl)c1. The Bertz CT molecular complexity index is 717. The van der Waals surface area contributed by atoms with E-state index in [2.05, 4.69) is 10.1 Å². The van der Waals surface area contributed by atoms with Gasteiger partial charge in [0.05, 0.1) is 17.7 Å². The summed E-state index contributed by atoms with van der Waals surface area (Å²) in [6.07, 6.45) is -0.753. The molecule has 2 aromatic carbocycles. The lowest BCUT2D eigenvalue weighted by Gasteiger charge is -2.15. The van der Waals surface area contributed by atoms with E-state index in [9.17, 15) is 9.59 Å². The second-order valence-electron chi connectivity index (χ2n) is 4.75. The van der Waals surface area contributed by atoms with Gasteiger partial charge in [-0.1, -0.05) is 29.8 Å². The standard InChI is InChI=1S/C17H16ClNO4/c1-11(23-15-9-4-3-8-14(15)18)16(20)19-13-7-5-6-12(10-13)17(21)22-2/h3-11H,1-2H3,(H,19,20)/t11-/m0/s1. The number of benzene rings is 2. The van der Waals surface area contributed by atoms with Crippen molar-refractivity contribution in [2.24, 2.45) is 0 Å². The molecule has 0 saturated carbocycles. The Kier molecular flexibility index (Phi) is 5.60. The van der Waals surface area contributed by atoms with Crippen molar-refractivity contribution in [3.63, 3.8) is 0 Å². The fraction of sp³-hybridized carbons (Fsp3) is 0.176. The first-order valence-electron chi connectivity index (χ1n) is 6.91. The highest BCUT2D eigenvalue weighted by molar-refractivity contribution is 6.32. The third-order valence-electron chi connectivity index (χ3n) is 3.06. The number of halogens is 1. The maximum absolute atomic E-state index is 12.2. The van der Waals surface area contributed by atoms with Crippen LogP contribution in [0, 0.1) is 0 Å². The molecule has 5 nitrogen and oxygen atoms in total. The molecule has 0 radical (unpaired) electrons. The van der Waals surface area contributed by atoms with Gasteiger partial charge in [-0.25, -0.2) is 4.79 Å². The Hall–Kier alpha value is -2.53. The Labute approximate surface area is 139 Å². The highest BCUT2D eigenvalue weighted by Gasteiger charge is 2.16. The fourth-order valence-corrected chi connectivity index (χ4v) is 2.05. The quantitative estimate of drug-likeness (QED) is 0.850. The maximum atomic E-state index is 12.2. The summed E-state index contributed by atoms with van der Waals surface area (Å²) in [6.45, 7) is 1.61. The van der Waals surface area contributed by atoms with Crippen molar-refractivity contribution in [1.82, 2.24) is 0 Å². The Morgan fingerprint density at radius 1 is 1.13 bits per heavy atom. The zero-order valence-corrected chi connectivity index (χ0v) is 13.5. The Morgan fingerprint density at radius 2 is 1.87 bits per heavy atom. The number of ether oxygens (including phenoxy) is 2. The minimum absolute atomic E-state index is 0.352. The lowest BCUT2D eigenvalue weighted by Crippen LogP contribution is -2.30. The van der Waals surface area contributed by atoms with Crippen LogP contribution in [-0.2, 0) is 9.53 Å². The third-order valence-corrected chi connectivity index (χ3v) is 3.37. The average molecular weight is 334 g/mol. The van der Waals surface area contributed by atoms with Crippen molar-refractivity contribution in [3.05, 3.63) is 59.1 Å². The first-order chi connectivity index (χ1) is 11.0. The van der Waals surface area contributed by atoms with Gasteiger partial charge < -0.3 is 14.8 Å². The number of hydrogen-bond donors (Lipinski definition) is 1. The summed E-state index contributed by atoms with van der Waals surface area (Å²) < 4.78 is 10.2. The maximum Gasteiger partial charge on any atom is 0.337 e. The number of amides is 1. The summed E-state index contributed by atoms with van der Waals surface area (Å²) in [5.41, 5.74) is 0.831. The lowest BCUT2D eigenvalue weighted by molar-refractivity contribution is -0.122. The molecule has 0 aromatic heterocycles. The molecule has 0 spiro atoms. The molecule has 0 aliphatic carbocycles. The van der Waals surface area contributed by atoms with Gasteiger partial charge in [0, 0.05) is 5.69 Å². The molecule has 0 fully saturated rings. The Morgan fingerprint density at radius 3 is 2.57 bits per heavy atom.